The van der Waals surface area contributed by atoms with Crippen LogP contribution in [0.15, 0.2) is 18.2 Å². The normalized spacial score (nSPS) is 12.5. The van der Waals surface area contributed by atoms with Crippen LogP contribution in [0.5, 0.6) is 0 Å². The molecule has 1 aromatic carbocycles. The fourth-order valence-corrected chi connectivity index (χ4v) is 1.18. The van der Waals surface area contributed by atoms with Gasteiger partial charge < -0.3 is 11.1 Å². The summed E-state index contributed by atoms with van der Waals surface area (Å²) in [6.07, 6.45) is 1.12. The van der Waals surface area contributed by atoms with E-state index in [1.54, 1.807) is 0 Å². The van der Waals surface area contributed by atoms with Gasteiger partial charge in [0.05, 0.1) is 0 Å². The molecule has 0 spiro atoms. The Morgan fingerprint density at radius 2 is 2.15 bits per heavy atom. The van der Waals surface area contributed by atoms with E-state index in [4.69, 9.17) is 5.73 Å². The maximum atomic E-state index is 5.80. The Hall–Kier alpha value is -1.18. The van der Waals surface area contributed by atoms with Gasteiger partial charge in [-0.1, -0.05) is 13.0 Å². The van der Waals surface area contributed by atoms with Crippen molar-refractivity contribution in [3.8, 4) is 0 Å². The SMILES string of the molecule is CCC(C)Nc1cccc(N)c1C. The summed E-state index contributed by atoms with van der Waals surface area (Å²) in [6, 6.07) is 6.47. The van der Waals surface area contributed by atoms with Crippen LogP contribution in [0, 0.1) is 6.92 Å². The zero-order chi connectivity index (χ0) is 9.84. The highest BCUT2D eigenvalue weighted by Gasteiger charge is 2.03. The minimum atomic E-state index is 0.500. The zero-order valence-corrected chi connectivity index (χ0v) is 8.59. The smallest absolute Gasteiger partial charge is 0.0392 e. The summed E-state index contributed by atoms with van der Waals surface area (Å²) < 4.78 is 0. The molecule has 0 aliphatic rings. The van der Waals surface area contributed by atoms with Gasteiger partial charge in [-0.25, -0.2) is 0 Å². The van der Waals surface area contributed by atoms with E-state index in [-0.39, 0.29) is 0 Å². The van der Waals surface area contributed by atoms with Gasteiger partial charge in [-0.15, -0.1) is 0 Å². The Balaban J connectivity index is 2.83. The van der Waals surface area contributed by atoms with Gasteiger partial charge >= 0.3 is 0 Å². The molecule has 0 heterocycles. The average molecular weight is 178 g/mol. The number of nitrogens with one attached hydrogen (secondary N) is 1. The highest BCUT2D eigenvalue weighted by molar-refractivity contribution is 5.62. The Morgan fingerprint density at radius 3 is 2.77 bits per heavy atom. The molecule has 3 N–H and O–H groups in total. The molecular formula is C11H18N2. The van der Waals surface area contributed by atoms with Crippen LogP contribution < -0.4 is 11.1 Å². The van der Waals surface area contributed by atoms with Gasteiger partial charge in [0.1, 0.15) is 0 Å². The predicted octanol–water partition coefficient (Wildman–Crippen LogP) is 2.79. The molecule has 0 amide bonds. The van der Waals surface area contributed by atoms with Crippen LogP contribution in [-0.2, 0) is 0 Å². The maximum absolute atomic E-state index is 5.80. The van der Waals surface area contributed by atoms with Crippen molar-refractivity contribution < 1.29 is 0 Å². The van der Waals surface area contributed by atoms with E-state index in [1.807, 2.05) is 19.1 Å². The molecule has 0 saturated carbocycles. The third-order valence-corrected chi connectivity index (χ3v) is 2.39. The molecule has 0 aliphatic carbocycles. The Morgan fingerprint density at radius 1 is 1.46 bits per heavy atom. The minimum absolute atomic E-state index is 0.500. The van der Waals surface area contributed by atoms with Gasteiger partial charge in [-0.05, 0) is 38.0 Å². The highest BCUT2D eigenvalue weighted by Crippen LogP contribution is 2.21. The predicted molar refractivity (Wildman–Crippen MR) is 59.0 cm³/mol. The van der Waals surface area contributed by atoms with Gasteiger partial charge in [0.25, 0.3) is 0 Å². The van der Waals surface area contributed by atoms with Crippen molar-refractivity contribution in [2.75, 3.05) is 11.1 Å². The van der Waals surface area contributed by atoms with Crippen LogP contribution in [0.1, 0.15) is 25.8 Å². The maximum Gasteiger partial charge on any atom is 0.0392 e. The fraction of sp³-hybridized carbons (Fsp3) is 0.455. The molecule has 2 nitrogen and oxygen atoms in total. The minimum Gasteiger partial charge on any atom is -0.398 e. The van der Waals surface area contributed by atoms with Gasteiger partial charge in [0, 0.05) is 17.4 Å². The quantitative estimate of drug-likeness (QED) is 0.698. The van der Waals surface area contributed by atoms with Crippen LogP contribution in [-0.4, -0.2) is 6.04 Å². The van der Waals surface area contributed by atoms with Crippen molar-refractivity contribution in [2.45, 2.75) is 33.2 Å². The number of anilines is 2. The second kappa shape index (κ2) is 4.17. The van der Waals surface area contributed by atoms with Crippen molar-refractivity contribution in [1.82, 2.24) is 0 Å². The van der Waals surface area contributed by atoms with E-state index in [2.05, 4.69) is 25.2 Å². The first-order chi connectivity index (χ1) is 6.15. The van der Waals surface area contributed by atoms with Crippen molar-refractivity contribution in [2.24, 2.45) is 0 Å². The van der Waals surface area contributed by atoms with E-state index in [0.717, 1.165) is 23.4 Å². The van der Waals surface area contributed by atoms with Crippen LogP contribution in [0.3, 0.4) is 0 Å². The molecule has 0 saturated heterocycles. The number of hydrogen-bond acceptors (Lipinski definition) is 2. The molecular weight excluding hydrogens is 160 g/mol. The standard InChI is InChI=1S/C11H18N2/c1-4-8(2)13-11-7-5-6-10(12)9(11)3/h5-8,13H,4,12H2,1-3H3. The summed E-state index contributed by atoms with van der Waals surface area (Å²) in [7, 11) is 0. The van der Waals surface area contributed by atoms with Crippen LogP contribution in [0.4, 0.5) is 11.4 Å². The lowest BCUT2D eigenvalue weighted by atomic mass is 10.1. The van der Waals surface area contributed by atoms with Crippen LogP contribution in [0.25, 0.3) is 0 Å². The summed E-state index contributed by atoms with van der Waals surface area (Å²) in [5.41, 5.74) is 8.94. The number of benzene rings is 1. The lowest BCUT2D eigenvalue weighted by Gasteiger charge is -2.15. The van der Waals surface area contributed by atoms with E-state index in [0.29, 0.717) is 6.04 Å². The van der Waals surface area contributed by atoms with Crippen LogP contribution >= 0.6 is 0 Å². The molecule has 72 valence electrons. The molecule has 1 unspecified atom stereocenters. The second-order valence-electron chi connectivity index (χ2n) is 3.47. The first kappa shape index (κ1) is 9.90. The third-order valence-electron chi connectivity index (χ3n) is 2.39. The summed E-state index contributed by atoms with van der Waals surface area (Å²) in [4.78, 5) is 0. The topological polar surface area (TPSA) is 38.0 Å². The molecule has 1 aromatic rings. The van der Waals surface area contributed by atoms with Gasteiger partial charge in [-0.2, -0.15) is 0 Å². The molecule has 13 heavy (non-hydrogen) atoms. The fourth-order valence-electron chi connectivity index (χ4n) is 1.18. The van der Waals surface area contributed by atoms with Crippen molar-refractivity contribution in [3.63, 3.8) is 0 Å². The Labute approximate surface area is 80.1 Å². The Kier molecular flexibility index (Phi) is 3.18. The van der Waals surface area contributed by atoms with Crippen molar-refractivity contribution in [1.29, 1.82) is 0 Å². The molecule has 0 radical (unpaired) electrons. The summed E-state index contributed by atoms with van der Waals surface area (Å²) in [5, 5.41) is 3.42. The highest BCUT2D eigenvalue weighted by atomic mass is 14.9. The summed E-state index contributed by atoms with van der Waals surface area (Å²) in [6.45, 7) is 6.38. The number of nitrogen functional groups attached to an aromatic ring is 1. The molecule has 0 bridgehead atoms. The summed E-state index contributed by atoms with van der Waals surface area (Å²) >= 11 is 0. The Bertz CT molecular complexity index is 281. The van der Waals surface area contributed by atoms with Gasteiger partial charge in [0.15, 0.2) is 0 Å². The first-order valence-corrected chi connectivity index (χ1v) is 4.76. The molecule has 0 aromatic heterocycles. The molecule has 2 heteroatoms. The van der Waals surface area contributed by atoms with E-state index in [1.165, 1.54) is 0 Å². The number of rotatable bonds is 3. The second-order valence-corrected chi connectivity index (χ2v) is 3.47. The van der Waals surface area contributed by atoms with Gasteiger partial charge in [0.2, 0.25) is 0 Å². The van der Waals surface area contributed by atoms with Crippen LogP contribution in [0.2, 0.25) is 0 Å². The summed E-state index contributed by atoms with van der Waals surface area (Å²) in [5.74, 6) is 0. The monoisotopic (exact) mass is 178 g/mol. The van der Waals surface area contributed by atoms with Gasteiger partial charge in [-0.3, -0.25) is 0 Å². The number of hydrogen-bond donors (Lipinski definition) is 2. The van der Waals surface area contributed by atoms with E-state index < -0.39 is 0 Å². The molecule has 0 fully saturated rings. The zero-order valence-electron chi connectivity index (χ0n) is 8.59. The largest absolute Gasteiger partial charge is 0.398 e. The number of nitrogens with two attached hydrogens (primary N) is 1. The van der Waals surface area contributed by atoms with Crippen molar-refractivity contribution in [3.05, 3.63) is 23.8 Å². The lowest BCUT2D eigenvalue weighted by Crippen LogP contribution is -2.14. The average Bonchev–Trinajstić information content (AvgIpc) is 2.13. The third kappa shape index (κ3) is 2.38. The van der Waals surface area contributed by atoms with E-state index in [9.17, 15) is 0 Å². The van der Waals surface area contributed by atoms with Crippen molar-refractivity contribution >= 4 is 11.4 Å². The molecule has 1 atom stereocenters. The molecule has 1 rings (SSSR count). The van der Waals surface area contributed by atoms with E-state index >= 15 is 0 Å². The lowest BCUT2D eigenvalue weighted by molar-refractivity contribution is 0.763. The molecule has 0 aliphatic heterocycles. The first-order valence-electron chi connectivity index (χ1n) is 4.76.